The molecular weight excluding hydrogens is 308 g/mol. The first kappa shape index (κ1) is 15.6. The number of likely N-dealkylation sites (N-methyl/N-ethyl adjacent to an activating group) is 1. The smallest absolute Gasteiger partial charge is 0.223 e. The van der Waals surface area contributed by atoms with E-state index in [1.54, 1.807) is 13.2 Å². The van der Waals surface area contributed by atoms with Crippen LogP contribution < -0.4 is 16.0 Å². The molecule has 0 radical (unpaired) electrons. The van der Waals surface area contributed by atoms with E-state index in [0.717, 1.165) is 22.7 Å². The average Bonchev–Trinajstić information content (AvgIpc) is 2.42. The van der Waals surface area contributed by atoms with Crippen molar-refractivity contribution < 1.29 is 0 Å². The number of guanidine groups is 1. The van der Waals surface area contributed by atoms with Gasteiger partial charge < -0.3 is 16.0 Å². The maximum absolute atomic E-state index is 4.45. The Morgan fingerprint density at radius 3 is 3.05 bits per heavy atom. The van der Waals surface area contributed by atoms with Crippen LogP contribution in [0.3, 0.4) is 0 Å². The van der Waals surface area contributed by atoms with E-state index in [2.05, 4.69) is 53.4 Å². The number of hydrogen-bond acceptors (Lipinski definition) is 3. The van der Waals surface area contributed by atoms with Crippen molar-refractivity contribution in [2.45, 2.75) is 6.42 Å². The minimum Gasteiger partial charge on any atom is -0.332 e. The molecule has 0 aromatic heterocycles. The van der Waals surface area contributed by atoms with E-state index in [9.17, 15) is 0 Å². The third-order valence-electron chi connectivity index (χ3n) is 2.28. The molecule has 0 amide bonds. The number of hydrogen-bond donors (Lipinski definition) is 3. The van der Waals surface area contributed by atoms with Gasteiger partial charge in [-0.05, 0) is 29.2 Å². The SMILES string of the molecule is C=CNC(=NC)/N=C1\CC=C(Br)C(=NCCNC)N1. The summed E-state index contributed by atoms with van der Waals surface area (Å²) < 4.78 is 0.953. The fourth-order valence-corrected chi connectivity index (χ4v) is 1.75. The van der Waals surface area contributed by atoms with Gasteiger partial charge in [-0.15, -0.1) is 0 Å². The van der Waals surface area contributed by atoms with Crippen LogP contribution in [0.5, 0.6) is 0 Å². The van der Waals surface area contributed by atoms with Crippen molar-refractivity contribution >= 4 is 33.6 Å². The lowest BCUT2D eigenvalue weighted by atomic mass is 10.2. The first-order chi connectivity index (χ1) is 9.21. The Morgan fingerprint density at radius 1 is 1.63 bits per heavy atom. The number of rotatable bonds is 4. The highest BCUT2D eigenvalue weighted by molar-refractivity contribution is 9.12. The Balaban J connectivity index is 2.78. The van der Waals surface area contributed by atoms with Gasteiger partial charge in [-0.1, -0.05) is 12.7 Å². The van der Waals surface area contributed by atoms with E-state index in [4.69, 9.17) is 0 Å². The quantitative estimate of drug-likeness (QED) is 0.410. The molecule has 0 atom stereocenters. The molecule has 0 fully saturated rings. The highest BCUT2D eigenvalue weighted by atomic mass is 79.9. The predicted molar refractivity (Wildman–Crippen MR) is 85.1 cm³/mol. The summed E-state index contributed by atoms with van der Waals surface area (Å²) in [5.74, 6) is 2.09. The minimum absolute atomic E-state index is 0.512. The van der Waals surface area contributed by atoms with Gasteiger partial charge in [0.1, 0.15) is 11.7 Å². The topological polar surface area (TPSA) is 73.2 Å². The molecule has 104 valence electrons. The molecule has 0 aliphatic carbocycles. The molecule has 1 heterocycles. The number of nitrogens with one attached hydrogen (secondary N) is 3. The second kappa shape index (κ2) is 8.60. The lowest BCUT2D eigenvalue weighted by Gasteiger charge is -2.16. The van der Waals surface area contributed by atoms with Crippen molar-refractivity contribution in [1.29, 1.82) is 0 Å². The van der Waals surface area contributed by atoms with Crippen LogP contribution in [-0.4, -0.2) is 44.8 Å². The van der Waals surface area contributed by atoms with Crippen LogP contribution in [0.1, 0.15) is 6.42 Å². The Kier molecular flexibility index (Phi) is 7.06. The fourth-order valence-electron chi connectivity index (χ4n) is 1.36. The standard InChI is InChI=1S/C12H19BrN6/c1-4-16-12(15-3)19-10-6-5-9(13)11(18-10)17-8-7-14-2/h4-5,14H,1,6-8H2,2-3H3,(H2,15,16,17,18,19). The Hall–Kier alpha value is -1.47. The summed E-state index contributed by atoms with van der Waals surface area (Å²) in [6.07, 6.45) is 4.26. The third kappa shape index (κ3) is 5.35. The molecule has 1 rings (SSSR count). The third-order valence-corrected chi connectivity index (χ3v) is 2.98. The first-order valence-electron chi connectivity index (χ1n) is 5.95. The van der Waals surface area contributed by atoms with Gasteiger partial charge in [-0.25, -0.2) is 0 Å². The van der Waals surface area contributed by atoms with E-state index >= 15 is 0 Å². The van der Waals surface area contributed by atoms with Gasteiger partial charge in [0, 0.05) is 20.0 Å². The van der Waals surface area contributed by atoms with Crippen molar-refractivity contribution in [1.82, 2.24) is 16.0 Å². The van der Waals surface area contributed by atoms with Crippen molar-refractivity contribution in [3.05, 3.63) is 23.3 Å². The molecule has 0 aromatic carbocycles. The molecule has 0 saturated carbocycles. The van der Waals surface area contributed by atoms with Gasteiger partial charge in [-0.3, -0.25) is 9.98 Å². The molecule has 3 N–H and O–H groups in total. The van der Waals surface area contributed by atoms with Crippen LogP contribution in [0.25, 0.3) is 0 Å². The molecule has 0 bridgehead atoms. The summed E-state index contributed by atoms with van der Waals surface area (Å²) in [4.78, 5) is 12.8. The van der Waals surface area contributed by atoms with Gasteiger partial charge in [0.2, 0.25) is 5.96 Å². The van der Waals surface area contributed by atoms with Gasteiger partial charge in [0.05, 0.1) is 11.0 Å². The van der Waals surface area contributed by atoms with Crippen LogP contribution in [0, 0.1) is 0 Å². The summed E-state index contributed by atoms with van der Waals surface area (Å²) in [6.45, 7) is 5.12. The highest BCUT2D eigenvalue weighted by Gasteiger charge is 2.13. The molecule has 0 saturated heterocycles. The number of nitrogens with zero attached hydrogens (tertiary/aromatic N) is 3. The van der Waals surface area contributed by atoms with Crippen molar-refractivity contribution in [3.8, 4) is 0 Å². The summed E-state index contributed by atoms with van der Waals surface area (Å²) in [6, 6.07) is 0. The van der Waals surface area contributed by atoms with Crippen molar-refractivity contribution in [2.24, 2.45) is 15.0 Å². The maximum Gasteiger partial charge on any atom is 0.223 e. The summed E-state index contributed by atoms with van der Waals surface area (Å²) in [7, 11) is 3.57. The number of amidine groups is 2. The van der Waals surface area contributed by atoms with Crippen LogP contribution >= 0.6 is 15.9 Å². The summed E-state index contributed by atoms with van der Waals surface area (Å²) >= 11 is 3.48. The largest absolute Gasteiger partial charge is 0.332 e. The van der Waals surface area contributed by atoms with Gasteiger partial charge in [0.25, 0.3) is 0 Å². The normalized spacial score (nSPS) is 20.2. The molecule has 0 aromatic rings. The van der Waals surface area contributed by atoms with Gasteiger partial charge in [-0.2, -0.15) is 4.99 Å². The minimum atomic E-state index is 0.512. The van der Waals surface area contributed by atoms with E-state index in [-0.39, 0.29) is 0 Å². The second-order valence-electron chi connectivity index (χ2n) is 3.67. The molecule has 0 unspecified atom stereocenters. The Morgan fingerprint density at radius 2 is 2.42 bits per heavy atom. The van der Waals surface area contributed by atoms with E-state index < -0.39 is 0 Å². The fraction of sp³-hybridized carbons (Fsp3) is 0.417. The molecule has 0 spiro atoms. The average molecular weight is 327 g/mol. The van der Waals surface area contributed by atoms with Crippen LogP contribution in [0.2, 0.25) is 0 Å². The Labute approximate surface area is 122 Å². The first-order valence-corrected chi connectivity index (χ1v) is 6.74. The monoisotopic (exact) mass is 326 g/mol. The second-order valence-corrected chi connectivity index (χ2v) is 4.52. The van der Waals surface area contributed by atoms with Crippen molar-refractivity contribution in [3.63, 3.8) is 0 Å². The molecule has 1 aliphatic rings. The van der Waals surface area contributed by atoms with E-state index in [1.807, 2.05) is 13.1 Å². The van der Waals surface area contributed by atoms with E-state index in [1.165, 1.54) is 0 Å². The highest BCUT2D eigenvalue weighted by Crippen LogP contribution is 2.12. The van der Waals surface area contributed by atoms with E-state index in [0.29, 0.717) is 18.9 Å². The Bertz CT molecular complexity index is 436. The lowest BCUT2D eigenvalue weighted by Crippen LogP contribution is -2.36. The molecule has 19 heavy (non-hydrogen) atoms. The van der Waals surface area contributed by atoms with Crippen LogP contribution in [0.4, 0.5) is 0 Å². The van der Waals surface area contributed by atoms with Crippen LogP contribution in [0.15, 0.2) is 38.3 Å². The zero-order chi connectivity index (χ0) is 14.1. The summed E-state index contributed by atoms with van der Waals surface area (Å²) in [5.41, 5.74) is 0. The molecule has 1 aliphatic heterocycles. The summed E-state index contributed by atoms with van der Waals surface area (Å²) in [5, 5.41) is 9.10. The van der Waals surface area contributed by atoms with Gasteiger partial charge >= 0.3 is 0 Å². The lowest BCUT2D eigenvalue weighted by molar-refractivity contribution is 0.801. The van der Waals surface area contributed by atoms with Crippen molar-refractivity contribution in [2.75, 3.05) is 27.2 Å². The maximum atomic E-state index is 4.45. The zero-order valence-electron chi connectivity index (χ0n) is 11.2. The molecule has 6 nitrogen and oxygen atoms in total. The zero-order valence-corrected chi connectivity index (χ0v) is 12.8. The molecular formula is C12H19BrN6. The number of aliphatic imine (C=N–C) groups is 3. The molecule has 7 heteroatoms. The number of halogens is 1. The van der Waals surface area contributed by atoms with Gasteiger partial charge in [0.15, 0.2) is 0 Å². The predicted octanol–water partition coefficient (Wildman–Crippen LogP) is 0.994. The van der Waals surface area contributed by atoms with Crippen LogP contribution in [-0.2, 0) is 0 Å².